The summed E-state index contributed by atoms with van der Waals surface area (Å²) in [7, 11) is 1.85. The van der Waals surface area contributed by atoms with Gasteiger partial charge < -0.3 is 10.2 Å². The zero-order valence-electron chi connectivity index (χ0n) is 15.6. The van der Waals surface area contributed by atoms with Crippen LogP contribution in [0, 0.1) is 0 Å². The van der Waals surface area contributed by atoms with E-state index >= 15 is 0 Å². The van der Waals surface area contributed by atoms with E-state index in [1.54, 1.807) is 0 Å². The van der Waals surface area contributed by atoms with Crippen molar-refractivity contribution in [3.63, 3.8) is 0 Å². The zero-order chi connectivity index (χ0) is 19.9. The van der Waals surface area contributed by atoms with Gasteiger partial charge >= 0.3 is 6.18 Å². The number of carbonyl (C=O) groups excluding carboxylic acids is 1. The van der Waals surface area contributed by atoms with Crippen LogP contribution in [0.15, 0.2) is 54.6 Å². The Morgan fingerprint density at radius 1 is 1.04 bits per heavy atom. The van der Waals surface area contributed by atoms with E-state index in [1.165, 1.54) is 17.7 Å². The van der Waals surface area contributed by atoms with Gasteiger partial charge in [-0.05, 0) is 37.5 Å². The van der Waals surface area contributed by atoms with Crippen LogP contribution in [0.3, 0.4) is 0 Å². The van der Waals surface area contributed by atoms with Crippen LogP contribution in [0.5, 0.6) is 0 Å². The smallest absolute Gasteiger partial charge is 0.349 e. The summed E-state index contributed by atoms with van der Waals surface area (Å²) < 4.78 is 37.8. The van der Waals surface area contributed by atoms with Crippen molar-refractivity contribution in [2.45, 2.75) is 38.5 Å². The number of hydrogen-bond acceptors (Lipinski definition) is 1. The van der Waals surface area contributed by atoms with E-state index < -0.39 is 11.7 Å². The summed E-state index contributed by atoms with van der Waals surface area (Å²) in [4.78, 5) is 13.1. The van der Waals surface area contributed by atoms with Gasteiger partial charge in [-0.15, -0.1) is 0 Å². The summed E-state index contributed by atoms with van der Waals surface area (Å²) >= 11 is 0. The van der Waals surface area contributed by atoms with Crippen molar-refractivity contribution in [3.8, 4) is 0 Å². The monoisotopic (exact) mass is 379 g/mol. The molecule has 3 nitrogen and oxygen atoms in total. The van der Waals surface area contributed by atoms with Crippen molar-refractivity contribution in [2.75, 3.05) is 13.6 Å². The summed E-state index contributed by atoms with van der Waals surface area (Å²) in [5.74, 6) is -0.0556. The third-order valence-corrected chi connectivity index (χ3v) is 4.37. The van der Waals surface area contributed by atoms with Gasteiger partial charge in [0.2, 0.25) is 0 Å². The number of nitrogens with one attached hydrogen (secondary N) is 2. The van der Waals surface area contributed by atoms with E-state index in [0.29, 0.717) is 6.54 Å². The molecule has 1 amide bonds. The molecule has 1 unspecified atom stereocenters. The fourth-order valence-electron chi connectivity index (χ4n) is 2.92. The number of carbonyl (C=O) groups is 1. The Kier molecular flexibility index (Phi) is 7.42. The van der Waals surface area contributed by atoms with Crippen molar-refractivity contribution >= 4 is 5.91 Å². The fraction of sp³-hybridized carbons (Fsp3) is 0.381. The molecular formula is C21H26F3N2O+. The molecule has 2 aromatic carbocycles. The normalized spacial score (nSPS) is 13.8. The molecule has 27 heavy (non-hydrogen) atoms. The number of likely N-dealkylation sites (N-methyl/N-ethyl adjacent to an activating group) is 1. The molecule has 0 aromatic heterocycles. The molecular weight excluding hydrogens is 353 g/mol. The van der Waals surface area contributed by atoms with Gasteiger partial charge in [-0.25, -0.2) is 0 Å². The predicted octanol–water partition coefficient (Wildman–Crippen LogP) is 2.86. The van der Waals surface area contributed by atoms with E-state index in [-0.39, 0.29) is 18.5 Å². The number of hydrogen-bond donors (Lipinski definition) is 2. The second-order valence-electron chi connectivity index (χ2n) is 7.00. The van der Waals surface area contributed by atoms with E-state index in [2.05, 4.69) is 17.4 Å². The lowest BCUT2D eigenvalue weighted by Crippen LogP contribution is -3.09. The molecule has 6 heteroatoms. The first-order chi connectivity index (χ1) is 12.7. The lowest BCUT2D eigenvalue weighted by molar-refractivity contribution is -0.885. The SMILES string of the molecule is C[C@@H](CCc1ccccc1)NC(=O)C[NH+](C)Cc1ccc(C(F)(F)F)cc1. The maximum Gasteiger partial charge on any atom is 0.416 e. The lowest BCUT2D eigenvalue weighted by atomic mass is 10.1. The van der Waals surface area contributed by atoms with Crippen LogP contribution < -0.4 is 10.2 Å². The molecule has 0 saturated heterocycles. The van der Waals surface area contributed by atoms with E-state index in [4.69, 9.17) is 0 Å². The van der Waals surface area contributed by atoms with Gasteiger partial charge in [-0.1, -0.05) is 42.5 Å². The Bertz CT molecular complexity index is 714. The number of benzene rings is 2. The molecule has 2 N–H and O–H groups in total. The first-order valence-corrected chi connectivity index (χ1v) is 9.05. The molecule has 0 saturated carbocycles. The standard InChI is InChI=1S/C21H25F3N2O/c1-16(8-9-17-6-4-3-5-7-17)25-20(27)15-26(2)14-18-10-12-19(13-11-18)21(22,23)24/h3-7,10-13,16H,8-9,14-15H2,1-2H3,(H,25,27)/p+1/t16-/m0/s1. The van der Waals surface area contributed by atoms with Crippen LogP contribution in [-0.2, 0) is 23.9 Å². The summed E-state index contributed by atoms with van der Waals surface area (Å²) in [6, 6.07) is 15.3. The van der Waals surface area contributed by atoms with Crippen molar-refractivity contribution in [1.82, 2.24) is 5.32 Å². The average molecular weight is 379 g/mol. The highest BCUT2D eigenvalue weighted by Gasteiger charge is 2.30. The Morgan fingerprint density at radius 3 is 2.26 bits per heavy atom. The summed E-state index contributed by atoms with van der Waals surface area (Å²) in [5.41, 5.74) is 1.35. The van der Waals surface area contributed by atoms with Crippen LogP contribution in [0.2, 0.25) is 0 Å². The van der Waals surface area contributed by atoms with E-state index in [0.717, 1.165) is 35.4 Å². The molecule has 0 fully saturated rings. The minimum Gasteiger partial charge on any atom is -0.349 e. The second kappa shape index (κ2) is 9.55. The maximum absolute atomic E-state index is 12.6. The first-order valence-electron chi connectivity index (χ1n) is 9.05. The Labute approximate surface area is 158 Å². The Hall–Kier alpha value is -2.34. The highest BCUT2D eigenvalue weighted by Crippen LogP contribution is 2.28. The number of quaternary nitrogens is 1. The molecule has 0 bridgehead atoms. The molecule has 0 spiro atoms. The first kappa shape index (κ1) is 21.0. The molecule has 146 valence electrons. The number of amides is 1. The minimum absolute atomic E-state index is 0.0556. The number of halogens is 3. The van der Waals surface area contributed by atoms with Crippen molar-refractivity contribution in [1.29, 1.82) is 0 Å². The van der Waals surface area contributed by atoms with Gasteiger partial charge in [0.1, 0.15) is 6.54 Å². The molecule has 2 aromatic rings. The molecule has 0 aliphatic rings. The van der Waals surface area contributed by atoms with Crippen LogP contribution in [0.4, 0.5) is 13.2 Å². The predicted molar refractivity (Wildman–Crippen MR) is 99.3 cm³/mol. The van der Waals surface area contributed by atoms with Crippen LogP contribution in [0.1, 0.15) is 30.0 Å². The number of rotatable bonds is 8. The van der Waals surface area contributed by atoms with Crippen molar-refractivity contribution < 1.29 is 22.9 Å². The number of aryl methyl sites for hydroxylation is 1. The van der Waals surface area contributed by atoms with Gasteiger partial charge in [0, 0.05) is 11.6 Å². The molecule has 2 atom stereocenters. The average Bonchev–Trinajstić information content (AvgIpc) is 2.60. The molecule has 0 heterocycles. The molecule has 0 radical (unpaired) electrons. The zero-order valence-corrected chi connectivity index (χ0v) is 15.6. The molecule has 0 aliphatic heterocycles. The molecule has 0 aliphatic carbocycles. The van der Waals surface area contributed by atoms with Crippen LogP contribution in [0.25, 0.3) is 0 Å². The van der Waals surface area contributed by atoms with Gasteiger partial charge in [0.05, 0.1) is 12.6 Å². The third-order valence-electron chi connectivity index (χ3n) is 4.37. The largest absolute Gasteiger partial charge is 0.416 e. The summed E-state index contributed by atoms with van der Waals surface area (Å²) in [6.45, 7) is 2.74. The fourth-order valence-corrected chi connectivity index (χ4v) is 2.92. The van der Waals surface area contributed by atoms with Crippen molar-refractivity contribution in [2.24, 2.45) is 0 Å². The van der Waals surface area contributed by atoms with E-state index in [1.807, 2.05) is 32.2 Å². The number of alkyl halides is 3. The lowest BCUT2D eigenvalue weighted by Gasteiger charge is -2.17. The van der Waals surface area contributed by atoms with Crippen molar-refractivity contribution in [3.05, 3.63) is 71.3 Å². The van der Waals surface area contributed by atoms with Crippen LogP contribution in [-0.4, -0.2) is 25.5 Å². The highest BCUT2D eigenvalue weighted by atomic mass is 19.4. The van der Waals surface area contributed by atoms with Crippen LogP contribution >= 0.6 is 0 Å². The van der Waals surface area contributed by atoms with Gasteiger partial charge in [-0.2, -0.15) is 13.2 Å². The minimum atomic E-state index is -4.33. The van der Waals surface area contributed by atoms with Gasteiger partial charge in [0.25, 0.3) is 5.91 Å². The topological polar surface area (TPSA) is 33.5 Å². The Balaban J connectivity index is 1.74. The van der Waals surface area contributed by atoms with Gasteiger partial charge in [0.15, 0.2) is 6.54 Å². The third kappa shape index (κ3) is 7.43. The van der Waals surface area contributed by atoms with Gasteiger partial charge in [-0.3, -0.25) is 4.79 Å². The van der Waals surface area contributed by atoms with E-state index in [9.17, 15) is 18.0 Å². The highest BCUT2D eigenvalue weighted by molar-refractivity contribution is 5.77. The summed E-state index contributed by atoms with van der Waals surface area (Å²) in [6.07, 6.45) is -2.57. The maximum atomic E-state index is 12.6. The second-order valence-corrected chi connectivity index (χ2v) is 7.00. The Morgan fingerprint density at radius 2 is 1.67 bits per heavy atom. The summed E-state index contributed by atoms with van der Waals surface area (Å²) in [5, 5.41) is 2.99. The quantitative estimate of drug-likeness (QED) is 0.727. The molecule has 2 rings (SSSR count).